The molecule has 128 valence electrons. The topological polar surface area (TPSA) is 80.6 Å². The Labute approximate surface area is 136 Å². The van der Waals surface area contributed by atoms with E-state index in [1.54, 1.807) is 10.6 Å². The van der Waals surface area contributed by atoms with Crippen molar-refractivity contribution in [2.24, 2.45) is 13.0 Å². The maximum absolute atomic E-state index is 12.1. The fourth-order valence-electron chi connectivity index (χ4n) is 3.18. The molecule has 0 saturated carbocycles. The fourth-order valence-corrected chi connectivity index (χ4v) is 4.12. The average molecular weight is 341 g/mol. The van der Waals surface area contributed by atoms with E-state index in [1.807, 2.05) is 19.3 Å². The quantitative estimate of drug-likeness (QED) is 0.848. The van der Waals surface area contributed by atoms with Crippen molar-refractivity contribution >= 4 is 15.9 Å². The summed E-state index contributed by atoms with van der Waals surface area (Å²) in [5, 5.41) is 2.95. The maximum Gasteiger partial charge on any atom is 0.267 e. The molecule has 2 fully saturated rings. The van der Waals surface area contributed by atoms with Crippen LogP contribution < -0.4 is 5.32 Å². The van der Waals surface area contributed by atoms with Gasteiger partial charge >= 0.3 is 0 Å². The first-order chi connectivity index (χ1) is 10.8. The molecule has 0 radical (unpaired) electrons. The third kappa shape index (κ3) is 3.44. The first kappa shape index (κ1) is 16.5. The lowest BCUT2D eigenvalue weighted by Gasteiger charge is -2.51. The zero-order valence-corrected chi connectivity index (χ0v) is 14.3. The van der Waals surface area contributed by atoms with Crippen molar-refractivity contribution < 1.29 is 17.9 Å². The summed E-state index contributed by atoms with van der Waals surface area (Å²) in [6, 6.07) is 3.63. The van der Waals surface area contributed by atoms with Gasteiger partial charge in [0.15, 0.2) is 0 Å². The number of aromatic nitrogens is 1. The highest BCUT2D eigenvalue weighted by Crippen LogP contribution is 2.36. The van der Waals surface area contributed by atoms with E-state index >= 15 is 0 Å². The van der Waals surface area contributed by atoms with Gasteiger partial charge in [-0.05, 0) is 30.9 Å². The van der Waals surface area contributed by atoms with Crippen LogP contribution in [0.3, 0.4) is 0 Å². The van der Waals surface area contributed by atoms with Gasteiger partial charge in [0, 0.05) is 32.9 Å². The molecular weight excluding hydrogens is 318 g/mol. The molecule has 1 amide bonds. The first-order valence-electron chi connectivity index (χ1n) is 7.78. The number of amides is 1. The number of carbonyl (C=O) groups excluding carboxylic acids is 1. The number of ether oxygens (including phenoxy) is 1. The van der Waals surface area contributed by atoms with Gasteiger partial charge in [-0.2, -0.15) is 4.31 Å². The SMILES string of the molecule is Cn1cccc1C(=O)NCC1CCC2(CN(S(C)(=O)=O)C2)OC1. The number of nitrogens with zero attached hydrogens (tertiary/aromatic N) is 2. The first-order valence-corrected chi connectivity index (χ1v) is 9.63. The molecule has 2 saturated heterocycles. The highest BCUT2D eigenvalue weighted by molar-refractivity contribution is 7.88. The van der Waals surface area contributed by atoms with E-state index in [0.717, 1.165) is 12.8 Å². The summed E-state index contributed by atoms with van der Waals surface area (Å²) in [7, 11) is -1.27. The lowest BCUT2D eigenvalue weighted by atomic mass is 9.84. The number of rotatable bonds is 4. The molecule has 2 aliphatic heterocycles. The molecule has 1 aromatic rings. The highest BCUT2D eigenvalue weighted by Gasteiger charge is 2.49. The van der Waals surface area contributed by atoms with E-state index < -0.39 is 10.0 Å². The molecule has 2 aliphatic rings. The second kappa shape index (κ2) is 5.92. The number of hydrogen-bond donors (Lipinski definition) is 1. The molecule has 1 aromatic heterocycles. The van der Waals surface area contributed by atoms with Crippen molar-refractivity contribution in [1.82, 2.24) is 14.2 Å². The molecule has 1 N–H and O–H groups in total. The van der Waals surface area contributed by atoms with E-state index in [4.69, 9.17) is 4.74 Å². The van der Waals surface area contributed by atoms with Crippen molar-refractivity contribution in [3.8, 4) is 0 Å². The lowest BCUT2D eigenvalue weighted by molar-refractivity contribution is -0.156. The van der Waals surface area contributed by atoms with Crippen LogP contribution in [0.15, 0.2) is 18.3 Å². The summed E-state index contributed by atoms with van der Waals surface area (Å²) in [6.45, 7) is 2.05. The number of sulfonamides is 1. The number of aryl methyl sites for hydroxylation is 1. The van der Waals surface area contributed by atoms with E-state index in [1.165, 1.54) is 10.6 Å². The molecule has 1 spiro atoms. The van der Waals surface area contributed by atoms with E-state index in [-0.39, 0.29) is 17.4 Å². The van der Waals surface area contributed by atoms with Gasteiger partial charge in [-0.3, -0.25) is 4.79 Å². The van der Waals surface area contributed by atoms with Crippen molar-refractivity contribution in [2.45, 2.75) is 18.4 Å². The number of carbonyl (C=O) groups is 1. The average Bonchev–Trinajstić information content (AvgIpc) is 2.88. The molecule has 0 aliphatic carbocycles. The molecule has 8 heteroatoms. The molecule has 3 rings (SSSR count). The molecule has 0 aromatic carbocycles. The summed E-state index contributed by atoms with van der Waals surface area (Å²) in [6.07, 6.45) is 4.84. The maximum atomic E-state index is 12.1. The van der Waals surface area contributed by atoms with Crippen molar-refractivity contribution in [2.75, 3.05) is 32.5 Å². The predicted molar refractivity (Wildman–Crippen MR) is 85.6 cm³/mol. The summed E-state index contributed by atoms with van der Waals surface area (Å²) in [4.78, 5) is 12.1. The Bertz CT molecular complexity index is 681. The minimum atomic E-state index is -3.11. The Morgan fingerprint density at radius 3 is 2.74 bits per heavy atom. The van der Waals surface area contributed by atoms with Gasteiger partial charge in [0.1, 0.15) is 5.69 Å². The van der Waals surface area contributed by atoms with Crippen LogP contribution >= 0.6 is 0 Å². The smallest absolute Gasteiger partial charge is 0.267 e. The molecule has 23 heavy (non-hydrogen) atoms. The zero-order valence-electron chi connectivity index (χ0n) is 13.5. The lowest BCUT2D eigenvalue weighted by Crippen LogP contribution is -2.66. The van der Waals surface area contributed by atoms with E-state index in [0.29, 0.717) is 31.9 Å². The van der Waals surface area contributed by atoms with Gasteiger partial charge in [0.25, 0.3) is 5.91 Å². The molecular formula is C15H23N3O4S. The normalized spacial score (nSPS) is 24.3. The second-order valence-corrected chi connectivity index (χ2v) is 8.63. The van der Waals surface area contributed by atoms with Crippen LogP contribution in [-0.4, -0.2) is 61.3 Å². The Morgan fingerprint density at radius 1 is 1.48 bits per heavy atom. The van der Waals surface area contributed by atoms with Crippen LogP contribution in [-0.2, 0) is 21.8 Å². The van der Waals surface area contributed by atoms with Crippen LogP contribution in [0.2, 0.25) is 0 Å². The van der Waals surface area contributed by atoms with E-state index in [9.17, 15) is 13.2 Å². The summed E-state index contributed by atoms with van der Waals surface area (Å²) in [5.74, 6) is 0.196. The Balaban J connectivity index is 1.44. The van der Waals surface area contributed by atoms with Crippen molar-refractivity contribution in [1.29, 1.82) is 0 Å². The summed E-state index contributed by atoms with van der Waals surface area (Å²) < 4.78 is 32.0. The van der Waals surface area contributed by atoms with Crippen LogP contribution in [0.1, 0.15) is 23.3 Å². The number of nitrogens with one attached hydrogen (secondary N) is 1. The third-order valence-electron chi connectivity index (χ3n) is 4.76. The van der Waals surface area contributed by atoms with Gasteiger partial charge in [-0.1, -0.05) is 0 Å². The van der Waals surface area contributed by atoms with Gasteiger partial charge in [0.2, 0.25) is 10.0 Å². The monoisotopic (exact) mass is 341 g/mol. The minimum absolute atomic E-state index is 0.0790. The number of hydrogen-bond acceptors (Lipinski definition) is 4. The van der Waals surface area contributed by atoms with Crippen LogP contribution in [0.4, 0.5) is 0 Å². The molecule has 7 nitrogen and oxygen atoms in total. The predicted octanol–water partition coefficient (Wildman–Crippen LogP) is 0.196. The van der Waals surface area contributed by atoms with Crippen LogP contribution in [0.25, 0.3) is 0 Å². The van der Waals surface area contributed by atoms with Gasteiger partial charge in [-0.25, -0.2) is 8.42 Å². The molecule has 3 heterocycles. The Morgan fingerprint density at radius 2 is 2.22 bits per heavy atom. The zero-order chi connectivity index (χ0) is 16.7. The van der Waals surface area contributed by atoms with Crippen molar-refractivity contribution in [3.63, 3.8) is 0 Å². The van der Waals surface area contributed by atoms with E-state index in [2.05, 4.69) is 5.32 Å². The standard InChI is InChI=1S/C15H23N3O4S/c1-17-7-3-4-13(17)14(19)16-8-12-5-6-15(22-9-12)10-18(11-15)23(2,20)21/h3-4,7,12H,5-6,8-11H2,1-2H3,(H,16,19). The minimum Gasteiger partial charge on any atom is -0.372 e. The highest BCUT2D eigenvalue weighted by atomic mass is 32.2. The Hall–Kier alpha value is -1.38. The van der Waals surface area contributed by atoms with Gasteiger partial charge < -0.3 is 14.6 Å². The Kier molecular flexibility index (Phi) is 4.24. The summed E-state index contributed by atoms with van der Waals surface area (Å²) >= 11 is 0. The summed E-state index contributed by atoms with van der Waals surface area (Å²) in [5.41, 5.74) is 0.336. The molecule has 1 atom stereocenters. The van der Waals surface area contributed by atoms with Gasteiger partial charge in [-0.15, -0.1) is 0 Å². The fraction of sp³-hybridized carbons (Fsp3) is 0.667. The largest absolute Gasteiger partial charge is 0.372 e. The van der Waals surface area contributed by atoms with Crippen LogP contribution in [0.5, 0.6) is 0 Å². The molecule has 1 unspecified atom stereocenters. The third-order valence-corrected chi connectivity index (χ3v) is 5.96. The van der Waals surface area contributed by atoms with Gasteiger partial charge in [0.05, 0.1) is 18.5 Å². The van der Waals surface area contributed by atoms with Crippen LogP contribution in [0, 0.1) is 5.92 Å². The molecule has 0 bridgehead atoms. The van der Waals surface area contributed by atoms with Crippen molar-refractivity contribution in [3.05, 3.63) is 24.0 Å². The second-order valence-electron chi connectivity index (χ2n) is 6.64.